The standard InChI is InChI=1S/C17H20N2O2/c18-13-14-9-11-19(12-10-14)17(21)8-4-7-16(20)15-5-2-1-3-6-15/h1-3,5-6,14H,4,7-12H2. The fourth-order valence-corrected chi connectivity index (χ4v) is 2.58. The molecule has 2 rings (SSSR count). The van der Waals surface area contributed by atoms with Crippen molar-refractivity contribution >= 4 is 11.7 Å². The number of piperidine rings is 1. The fraction of sp³-hybridized carbons (Fsp3) is 0.471. The van der Waals surface area contributed by atoms with Gasteiger partial charge in [0.05, 0.1) is 6.07 Å². The van der Waals surface area contributed by atoms with Crippen molar-refractivity contribution in [2.45, 2.75) is 32.1 Å². The summed E-state index contributed by atoms with van der Waals surface area (Å²) in [6, 6.07) is 11.4. The Labute approximate surface area is 125 Å². The number of amides is 1. The second kappa shape index (κ2) is 7.58. The highest BCUT2D eigenvalue weighted by atomic mass is 16.2. The second-order valence-corrected chi connectivity index (χ2v) is 5.43. The van der Waals surface area contributed by atoms with Crippen LogP contribution in [0.25, 0.3) is 0 Å². The molecule has 0 N–H and O–H groups in total. The van der Waals surface area contributed by atoms with Crippen molar-refractivity contribution in [1.82, 2.24) is 4.90 Å². The first-order valence-corrected chi connectivity index (χ1v) is 7.46. The molecule has 1 heterocycles. The Hall–Kier alpha value is -2.15. The normalized spacial score (nSPS) is 15.5. The van der Waals surface area contributed by atoms with Crippen LogP contribution in [0.15, 0.2) is 30.3 Å². The minimum absolute atomic E-state index is 0.0894. The van der Waals surface area contributed by atoms with Crippen molar-refractivity contribution in [2.24, 2.45) is 5.92 Å². The number of hydrogen-bond acceptors (Lipinski definition) is 3. The molecule has 21 heavy (non-hydrogen) atoms. The molecule has 1 aliphatic heterocycles. The molecular formula is C17H20N2O2. The van der Waals surface area contributed by atoms with Crippen LogP contribution in [0, 0.1) is 17.2 Å². The van der Waals surface area contributed by atoms with Crippen LogP contribution < -0.4 is 0 Å². The van der Waals surface area contributed by atoms with E-state index in [1.807, 2.05) is 23.1 Å². The third-order valence-corrected chi connectivity index (χ3v) is 3.92. The molecule has 0 saturated carbocycles. The Balaban J connectivity index is 1.70. The lowest BCUT2D eigenvalue weighted by molar-refractivity contribution is -0.132. The summed E-state index contributed by atoms with van der Waals surface area (Å²) in [6.45, 7) is 1.34. The SMILES string of the molecule is N#CC1CCN(C(=O)CCCC(=O)c2ccccc2)CC1. The molecule has 1 fully saturated rings. The Kier molecular flexibility index (Phi) is 5.51. The summed E-state index contributed by atoms with van der Waals surface area (Å²) in [5.74, 6) is 0.285. The molecule has 0 atom stereocenters. The molecule has 0 radical (unpaired) electrons. The third kappa shape index (κ3) is 4.42. The van der Waals surface area contributed by atoms with Crippen LogP contribution in [0.2, 0.25) is 0 Å². The monoisotopic (exact) mass is 284 g/mol. The highest BCUT2D eigenvalue weighted by Crippen LogP contribution is 2.17. The summed E-state index contributed by atoms with van der Waals surface area (Å²) in [5.41, 5.74) is 0.708. The van der Waals surface area contributed by atoms with Crippen molar-refractivity contribution in [2.75, 3.05) is 13.1 Å². The van der Waals surface area contributed by atoms with Crippen LogP contribution in [0.3, 0.4) is 0 Å². The number of nitrogens with zero attached hydrogens (tertiary/aromatic N) is 2. The first-order valence-electron chi connectivity index (χ1n) is 7.46. The first kappa shape index (κ1) is 15.2. The maximum atomic E-state index is 12.0. The zero-order valence-corrected chi connectivity index (χ0v) is 12.1. The van der Waals surface area contributed by atoms with Crippen LogP contribution >= 0.6 is 0 Å². The summed E-state index contributed by atoms with van der Waals surface area (Å²) in [5, 5.41) is 8.84. The number of hydrogen-bond donors (Lipinski definition) is 0. The van der Waals surface area contributed by atoms with Crippen LogP contribution in [0.5, 0.6) is 0 Å². The van der Waals surface area contributed by atoms with E-state index in [0.29, 0.717) is 37.9 Å². The van der Waals surface area contributed by atoms with E-state index in [-0.39, 0.29) is 17.6 Å². The number of carbonyl (C=O) groups excluding carboxylic acids is 2. The number of ketones is 1. The molecule has 1 aromatic carbocycles. The van der Waals surface area contributed by atoms with Crippen LogP contribution in [-0.2, 0) is 4.79 Å². The maximum Gasteiger partial charge on any atom is 0.222 e. The minimum atomic E-state index is 0.0894. The van der Waals surface area contributed by atoms with Gasteiger partial charge in [0.15, 0.2) is 5.78 Å². The molecule has 110 valence electrons. The van der Waals surface area contributed by atoms with E-state index in [4.69, 9.17) is 5.26 Å². The summed E-state index contributed by atoms with van der Waals surface area (Å²) in [6.07, 6.45) is 2.95. The van der Waals surface area contributed by atoms with Crippen molar-refractivity contribution in [3.63, 3.8) is 0 Å². The van der Waals surface area contributed by atoms with Crippen molar-refractivity contribution in [3.8, 4) is 6.07 Å². The Morgan fingerprint density at radius 2 is 1.81 bits per heavy atom. The molecule has 4 nitrogen and oxygen atoms in total. The molecule has 4 heteroatoms. The van der Waals surface area contributed by atoms with Gasteiger partial charge < -0.3 is 4.90 Å². The predicted octanol–water partition coefficient (Wildman–Crippen LogP) is 2.80. The van der Waals surface area contributed by atoms with Crippen LogP contribution in [0.4, 0.5) is 0 Å². The van der Waals surface area contributed by atoms with Gasteiger partial charge >= 0.3 is 0 Å². The lowest BCUT2D eigenvalue weighted by atomic mass is 9.98. The topological polar surface area (TPSA) is 61.2 Å². The lowest BCUT2D eigenvalue weighted by Gasteiger charge is -2.29. The number of likely N-dealkylation sites (tertiary alicyclic amines) is 1. The van der Waals surface area contributed by atoms with Crippen molar-refractivity contribution in [3.05, 3.63) is 35.9 Å². The number of benzene rings is 1. The smallest absolute Gasteiger partial charge is 0.222 e. The van der Waals surface area contributed by atoms with Gasteiger partial charge in [0.25, 0.3) is 0 Å². The quantitative estimate of drug-likeness (QED) is 0.781. The third-order valence-electron chi connectivity index (χ3n) is 3.92. The molecule has 0 aromatic heterocycles. The van der Waals surface area contributed by atoms with Crippen LogP contribution in [-0.4, -0.2) is 29.7 Å². The van der Waals surface area contributed by atoms with E-state index >= 15 is 0 Å². The van der Waals surface area contributed by atoms with Gasteiger partial charge in [0, 0.05) is 37.4 Å². The molecule has 1 aromatic rings. The second-order valence-electron chi connectivity index (χ2n) is 5.43. The van der Waals surface area contributed by atoms with Gasteiger partial charge in [0.2, 0.25) is 5.91 Å². The zero-order chi connectivity index (χ0) is 15.1. The Morgan fingerprint density at radius 1 is 1.14 bits per heavy atom. The van der Waals surface area contributed by atoms with E-state index in [1.165, 1.54) is 0 Å². The molecule has 0 spiro atoms. The summed E-state index contributed by atoms with van der Waals surface area (Å²) in [4.78, 5) is 25.8. The Morgan fingerprint density at radius 3 is 2.43 bits per heavy atom. The average Bonchev–Trinajstić information content (AvgIpc) is 2.55. The summed E-state index contributed by atoms with van der Waals surface area (Å²) >= 11 is 0. The van der Waals surface area contributed by atoms with Gasteiger partial charge in [-0.3, -0.25) is 9.59 Å². The van der Waals surface area contributed by atoms with Crippen LogP contribution in [0.1, 0.15) is 42.5 Å². The highest BCUT2D eigenvalue weighted by molar-refractivity contribution is 5.96. The van der Waals surface area contributed by atoms with Gasteiger partial charge in [-0.15, -0.1) is 0 Å². The van der Waals surface area contributed by atoms with Gasteiger partial charge in [-0.25, -0.2) is 0 Å². The first-order chi connectivity index (χ1) is 10.2. The number of rotatable bonds is 5. The number of nitriles is 1. The summed E-state index contributed by atoms with van der Waals surface area (Å²) in [7, 11) is 0. The summed E-state index contributed by atoms with van der Waals surface area (Å²) < 4.78 is 0. The zero-order valence-electron chi connectivity index (χ0n) is 12.1. The van der Waals surface area contributed by atoms with Crippen molar-refractivity contribution < 1.29 is 9.59 Å². The van der Waals surface area contributed by atoms with Gasteiger partial charge in [-0.2, -0.15) is 5.26 Å². The fourth-order valence-electron chi connectivity index (χ4n) is 2.58. The van der Waals surface area contributed by atoms with Gasteiger partial charge in [-0.05, 0) is 19.3 Å². The van der Waals surface area contributed by atoms with E-state index < -0.39 is 0 Å². The largest absolute Gasteiger partial charge is 0.343 e. The highest BCUT2D eigenvalue weighted by Gasteiger charge is 2.22. The van der Waals surface area contributed by atoms with E-state index in [0.717, 1.165) is 12.8 Å². The van der Waals surface area contributed by atoms with Gasteiger partial charge in [0.1, 0.15) is 0 Å². The molecule has 1 amide bonds. The molecule has 1 saturated heterocycles. The van der Waals surface area contributed by atoms with Gasteiger partial charge in [-0.1, -0.05) is 30.3 Å². The molecule has 1 aliphatic rings. The number of carbonyl (C=O) groups is 2. The average molecular weight is 284 g/mol. The van der Waals surface area contributed by atoms with Crippen molar-refractivity contribution in [1.29, 1.82) is 5.26 Å². The van der Waals surface area contributed by atoms with E-state index in [9.17, 15) is 9.59 Å². The van der Waals surface area contributed by atoms with E-state index in [1.54, 1.807) is 12.1 Å². The van der Waals surface area contributed by atoms with E-state index in [2.05, 4.69) is 6.07 Å². The molecule has 0 bridgehead atoms. The minimum Gasteiger partial charge on any atom is -0.343 e. The Bertz CT molecular complexity index is 525. The molecular weight excluding hydrogens is 264 g/mol. The lowest BCUT2D eigenvalue weighted by Crippen LogP contribution is -2.38. The number of Topliss-reactive ketones (excluding diaryl/α,β-unsaturated/α-hetero) is 1. The molecule has 0 aliphatic carbocycles. The molecule has 0 unspecified atom stereocenters. The maximum absolute atomic E-state index is 12.0. The predicted molar refractivity (Wildman–Crippen MR) is 79.5 cm³/mol.